The zero-order chi connectivity index (χ0) is 11.7. The number of rotatable bonds is 3. The van der Waals surface area contributed by atoms with E-state index in [9.17, 15) is 0 Å². The fourth-order valence-corrected chi connectivity index (χ4v) is 2.95. The third-order valence-electron chi connectivity index (χ3n) is 4.12. The van der Waals surface area contributed by atoms with Gasteiger partial charge in [-0.2, -0.15) is 0 Å². The third kappa shape index (κ3) is 2.22. The number of hydrogen-bond acceptors (Lipinski definition) is 3. The van der Waals surface area contributed by atoms with Gasteiger partial charge in [0.05, 0.1) is 17.8 Å². The zero-order valence-electron chi connectivity index (χ0n) is 10.4. The highest BCUT2D eigenvalue weighted by Gasteiger charge is 2.27. The van der Waals surface area contributed by atoms with Gasteiger partial charge < -0.3 is 10.1 Å². The van der Waals surface area contributed by atoms with Gasteiger partial charge in [0, 0.05) is 19.3 Å². The standard InChI is InChI=1S/C14H20N2O/c1-10-12(6-8-17-10)9-16-13-5-4-11-3-2-7-15-14(11)13/h2-3,7,10,12-13,16H,4-6,8-9H2,1H3. The van der Waals surface area contributed by atoms with E-state index < -0.39 is 0 Å². The molecule has 1 fully saturated rings. The van der Waals surface area contributed by atoms with Crippen LogP contribution in [0.1, 0.15) is 37.1 Å². The van der Waals surface area contributed by atoms with Crippen molar-refractivity contribution in [3.05, 3.63) is 29.6 Å². The van der Waals surface area contributed by atoms with Crippen LogP contribution in [0.25, 0.3) is 0 Å². The van der Waals surface area contributed by atoms with Gasteiger partial charge in [-0.3, -0.25) is 4.98 Å². The van der Waals surface area contributed by atoms with Crippen molar-refractivity contribution in [1.29, 1.82) is 0 Å². The van der Waals surface area contributed by atoms with Crippen LogP contribution in [0.4, 0.5) is 0 Å². The number of nitrogens with one attached hydrogen (secondary N) is 1. The monoisotopic (exact) mass is 232 g/mol. The Bertz CT molecular complexity index is 394. The molecule has 0 aromatic carbocycles. The topological polar surface area (TPSA) is 34.1 Å². The average molecular weight is 232 g/mol. The van der Waals surface area contributed by atoms with Gasteiger partial charge in [-0.25, -0.2) is 0 Å². The summed E-state index contributed by atoms with van der Waals surface area (Å²) in [5, 5.41) is 3.67. The molecule has 0 radical (unpaired) electrons. The van der Waals surface area contributed by atoms with Crippen molar-refractivity contribution < 1.29 is 4.74 Å². The maximum absolute atomic E-state index is 5.59. The lowest BCUT2D eigenvalue weighted by Gasteiger charge is -2.18. The molecule has 1 aliphatic heterocycles. The van der Waals surface area contributed by atoms with Crippen LogP contribution in [0.5, 0.6) is 0 Å². The van der Waals surface area contributed by atoms with Crippen molar-refractivity contribution in [2.75, 3.05) is 13.2 Å². The van der Waals surface area contributed by atoms with E-state index in [4.69, 9.17) is 4.74 Å². The molecule has 2 heterocycles. The van der Waals surface area contributed by atoms with Crippen LogP contribution in [0, 0.1) is 5.92 Å². The predicted molar refractivity (Wildman–Crippen MR) is 66.8 cm³/mol. The SMILES string of the molecule is CC1OCCC1CNC1CCc2cccnc21. The van der Waals surface area contributed by atoms with E-state index in [1.165, 1.54) is 24.1 Å². The Morgan fingerprint density at radius 2 is 2.41 bits per heavy atom. The minimum atomic E-state index is 0.409. The van der Waals surface area contributed by atoms with Crippen molar-refractivity contribution >= 4 is 0 Å². The Hall–Kier alpha value is -0.930. The minimum absolute atomic E-state index is 0.409. The molecule has 92 valence electrons. The van der Waals surface area contributed by atoms with Crippen LogP contribution in [-0.4, -0.2) is 24.2 Å². The van der Waals surface area contributed by atoms with E-state index in [1.54, 1.807) is 0 Å². The molecule has 1 N–H and O–H groups in total. The van der Waals surface area contributed by atoms with Gasteiger partial charge in [0.15, 0.2) is 0 Å². The second kappa shape index (κ2) is 4.75. The Labute approximate surface area is 103 Å². The summed E-state index contributed by atoms with van der Waals surface area (Å²) >= 11 is 0. The fraction of sp³-hybridized carbons (Fsp3) is 0.643. The van der Waals surface area contributed by atoms with Gasteiger partial charge in [-0.1, -0.05) is 6.07 Å². The number of aromatic nitrogens is 1. The van der Waals surface area contributed by atoms with Crippen LogP contribution >= 0.6 is 0 Å². The lowest BCUT2D eigenvalue weighted by Crippen LogP contribution is -2.29. The van der Waals surface area contributed by atoms with Crippen molar-refractivity contribution in [2.24, 2.45) is 5.92 Å². The molecule has 17 heavy (non-hydrogen) atoms. The molecule has 0 spiro atoms. The highest BCUT2D eigenvalue weighted by molar-refractivity contribution is 5.27. The Morgan fingerprint density at radius 1 is 1.47 bits per heavy atom. The molecule has 3 atom stereocenters. The molecule has 1 aromatic rings. The minimum Gasteiger partial charge on any atom is -0.378 e. The summed E-state index contributed by atoms with van der Waals surface area (Å²) < 4.78 is 5.59. The van der Waals surface area contributed by atoms with E-state index in [-0.39, 0.29) is 0 Å². The van der Waals surface area contributed by atoms with Gasteiger partial charge in [0.25, 0.3) is 0 Å². The highest BCUT2D eigenvalue weighted by Crippen LogP contribution is 2.29. The molecular formula is C14H20N2O. The molecule has 0 saturated carbocycles. The first-order valence-corrected chi connectivity index (χ1v) is 6.63. The van der Waals surface area contributed by atoms with E-state index >= 15 is 0 Å². The number of nitrogens with zero attached hydrogens (tertiary/aromatic N) is 1. The summed E-state index contributed by atoms with van der Waals surface area (Å²) in [6.45, 7) is 4.16. The first kappa shape index (κ1) is 11.2. The molecule has 1 aromatic heterocycles. The van der Waals surface area contributed by atoms with Gasteiger partial charge >= 0.3 is 0 Å². The van der Waals surface area contributed by atoms with E-state index in [2.05, 4.69) is 23.3 Å². The Morgan fingerprint density at radius 3 is 3.24 bits per heavy atom. The molecular weight excluding hydrogens is 212 g/mol. The van der Waals surface area contributed by atoms with Crippen LogP contribution in [0.3, 0.4) is 0 Å². The van der Waals surface area contributed by atoms with Gasteiger partial charge in [-0.05, 0) is 43.7 Å². The summed E-state index contributed by atoms with van der Waals surface area (Å²) in [5.74, 6) is 0.669. The lowest BCUT2D eigenvalue weighted by molar-refractivity contribution is 0.105. The largest absolute Gasteiger partial charge is 0.378 e. The molecule has 0 amide bonds. The fourth-order valence-electron chi connectivity index (χ4n) is 2.95. The number of aryl methyl sites for hydroxylation is 1. The summed E-state index contributed by atoms with van der Waals surface area (Å²) in [4.78, 5) is 4.51. The predicted octanol–water partition coefficient (Wildman–Crippen LogP) is 2.08. The molecule has 3 heteroatoms. The lowest BCUT2D eigenvalue weighted by atomic mass is 10.0. The smallest absolute Gasteiger partial charge is 0.0605 e. The van der Waals surface area contributed by atoms with Crippen LogP contribution < -0.4 is 5.32 Å². The number of ether oxygens (including phenoxy) is 1. The number of hydrogen-bond donors (Lipinski definition) is 1. The van der Waals surface area contributed by atoms with E-state index in [1.807, 2.05) is 12.3 Å². The summed E-state index contributed by atoms with van der Waals surface area (Å²) in [5.41, 5.74) is 2.68. The van der Waals surface area contributed by atoms with Gasteiger partial charge in [0.2, 0.25) is 0 Å². The zero-order valence-corrected chi connectivity index (χ0v) is 10.4. The van der Waals surface area contributed by atoms with Crippen molar-refractivity contribution in [2.45, 2.75) is 38.3 Å². The second-order valence-corrected chi connectivity index (χ2v) is 5.17. The second-order valence-electron chi connectivity index (χ2n) is 5.17. The highest BCUT2D eigenvalue weighted by atomic mass is 16.5. The van der Waals surface area contributed by atoms with E-state index in [0.29, 0.717) is 18.1 Å². The molecule has 1 aliphatic carbocycles. The van der Waals surface area contributed by atoms with Crippen molar-refractivity contribution in [3.63, 3.8) is 0 Å². The normalized spacial score (nSPS) is 31.7. The number of pyridine rings is 1. The summed E-state index contributed by atoms with van der Waals surface area (Å²) in [7, 11) is 0. The number of fused-ring (bicyclic) bond motifs is 1. The average Bonchev–Trinajstić information content (AvgIpc) is 2.93. The molecule has 2 aliphatic rings. The van der Waals surface area contributed by atoms with Crippen molar-refractivity contribution in [3.8, 4) is 0 Å². The molecule has 3 unspecified atom stereocenters. The third-order valence-corrected chi connectivity index (χ3v) is 4.12. The molecule has 3 rings (SSSR count). The Balaban J connectivity index is 1.60. The maximum Gasteiger partial charge on any atom is 0.0605 e. The van der Waals surface area contributed by atoms with Crippen LogP contribution in [-0.2, 0) is 11.2 Å². The van der Waals surface area contributed by atoms with Gasteiger partial charge in [0.1, 0.15) is 0 Å². The van der Waals surface area contributed by atoms with E-state index in [0.717, 1.165) is 19.6 Å². The van der Waals surface area contributed by atoms with Crippen LogP contribution in [0.2, 0.25) is 0 Å². The van der Waals surface area contributed by atoms with Gasteiger partial charge in [-0.15, -0.1) is 0 Å². The summed E-state index contributed by atoms with van der Waals surface area (Å²) in [6.07, 6.45) is 5.86. The quantitative estimate of drug-likeness (QED) is 0.866. The van der Waals surface area contributed by atoms with Crippen molar-refractivity contribution in [1.82, 2.24) is 10.3 Å². The maximum atomic E-state index is 5.59. The Kier molecular flexibility index (Phi) is 3.12. The van der Waals surface area contributed by atoms with Crippen LogP contribution in [0.15, 0.2) is 18.3 Å². The molecule has 0 bridgehead atoms. The molecule has 3 nitrogen and oxygen atoms in total. The molecule has 1 saturated heterocycles. The first-order chi connectivity index (χ1) is 8.34. The first-order valence-electron chi connectivity index (χ1n) is 6.63. The summed E-state index contributed by atoms with van der Waals surface area (Å²) in [6, 6.07) is 4.69.